The van der Waals surface area contributed by atoms with Crippen molar-refractivity contribution in [3.63, 3.8) is 0 Å². The van der Waals surface area contributed by atoms with Crippen molar-refractivity contribution in [2.45, 2.75) is 25.5 Å². The molecule has 0 aliphatic heterocycles. The van der Waals surface area contributed by atoms with Crippen molar-refractivity contribution in [2.75, 3.05) is 7.05 Å². The topological polar surface area (TPSA) is 21.3 Å². The average molecular weight is 311 g/mol. The Balaban J connectivity index is 1.92. The lowest BCUT2D eigenvalue weighted by Crippen LogP contribution is -2.25. The number of ether oxygens (including phenoxy) is 1. The molecule has 0 bridgehead atoms. The van der Waals surface area contributed by atoms with E-state index in [1.54, 1.807) is 11.3 Å². The first-order valence-corrected chi connectivity index (χ1v) is 8.51. The van der Waals surface area contributed by atoms with E-state index < -0.39 is 0 Å². The van der Waals surface area contributed by atoms with Gasteiger partial charge in [0.1, 0.15) is 11.9 Å². The van der Waals surface area contributed by atoms with Gasteiger partial charge in [0.05, 0.1) is 0 Å². The van der Waals surface area contributed by atoms with Crippen LogP contribution in [0.15, 0.2) is 60.0 Å². The number of hydrogen-bond acceptors (Lipinski definition) is 3. The number of nitrogens with one attached hydrogen (secondary N) is 1. The van der Waals surface area contributed by atoms with E-state index in [2.05, 4.69) is 72.2 Å². The molecule has 114 valence electrons. The summed E-state index contributed by atoms with van der Waals surface area (Å²) in [5.41, 5.74) is 0. The van der Waals surface area contributed by atoms with Gasteiger partial charge in [-0.1, -0.05) is 42.5 Å². The first kappa shape index (κ1) is 15.1. The first-order chi connectivity index (χ1) is 10.8. The Kier molecular flexibility index (Phi) is 4.76. The molecule has 3 aromatic rings. The lowest BCUT2D eigenvalue weighted by molar-refractivity contribution is 0.188. The molecule has 0 amide bonds. The third kappa shape index (κ3) is 3.32. The van der Waals surface area contributed by atoms with Gasteiger partial charge in [0.2, 0.25) is 0 Å². The van der Waals surface area contributed by atoms with Crippen molar-refractivity contribution in [1.29, 1.82) is 0 Å². The summed E-state index contributed by atoms with van der Waals surface area (Å²) in [6, 6.07) is 19.3. The molecule has 0 aliphatic carbocycles. The number of rotatable bonds is 6. The second kappa shape index (κ2) is 6.95. The number of thiophene rings is 1. The van der Waals surface area contributed by atoms with Crippen LogP contribution in [0.4, 0.5) is 0 Å². The van der Waals surface area contributed by atoms with E-state index in [0.29, 0.717) is 6.04 Å². The fourth-order valence-electron chi connectivity index (χ4n) is 2.59. The first-order valence-electron chi connectivity index (χ1n) is 7.63. The Morgan fingerprint density at radius 1 is 1.05 bits per heavy atom. The molecule has 3 rings (SSSR count). The Labute approximate surface area is 135 Å². The fourth-order valence-corrected chi connectivity index (χ4v) is 3.36. The van der Waals surface area contributed by atoms with Crippen LogP contribution in [0.25, 0.3) is 10.8 Å². The third-order valence-electron chi connectivity index (χ3n) is 3.94. The number of hydrogen-bond donors (Lipinski definition) is 1. The van der Waals surface area contributed by atoms with Crippen LogP contribution in [-0.2, 0) is 0 Å². The monoisotopic (exact) mass is 311 g/mol. The van der Waals surface area contributed by atoms with Crippen LogP contribution >= 0.6 is 11.3 Å². The lowest BCUT2D eigenvalue weighted by atomic mass is 10.1. The van der Waals surface area contributed by atoms with Gasteiger partial charge in [-0.2, -0.15) is 0 Å². The number of benzene rings is 2. The van der Waals surface area contributed by atoms with Crippen molar-refractivity contribution in [3.8, 4) is 5.75 Å². The number of fused-ring (bicyclic) bond motifs is 1. The van der Waals surface area contributed by atoms with Gasteiger partial charge in [-0.15, -0.1) is 11.3 Å². The molecule has 2 aromatic carbocycles. The Morgan fingerprint density at radius 2 is 1.86 bits per heavy atom. The molecule has 3 heteroatoms. The van der Waals surface area contributed by atoms with E-state index in [-0.39, 0.29) is 6.10 Å². The van der Waals surface area contributed by atoms with E-state index in [1.807, 2.05) is 7.05 Å². The largest absolute Gasteiger partial charge is 0.484 e. The summed E-state index contributed by atoms with van der Waals surface area (Å²) in [6.07, 6.45) is 1.02. The fraction of sp³-hybridized carbons (Fsp3) is 0.263. The summed E-state index contributed by atoms with van der Waals surface area (Å²) in [5.74, 6) is 0.958. The van der Waals surface area contributed by atoms with Gasteiger partial charge in [0.25, 0.3) is 0 Å². The minimum Gasteiger partial charge on any atom is -0.484 e. The zero-order valence-electron chi connectivity index (χ0n) is 13.0. The molecule has 0 aliphatic rings. The van der Waals surface area contributed by atoms with Crippen molar-refractivity contribution in [3.05, 3.63) is 64.9 Å². The van der Waals surface area contributed by atoms with Gasteiger partial charge in [-0.25, -0.2) is 0 Å². The van der Waals surface area contributed by atoms with Gasteiger partial charge >= 0.3 is 0 Å². The van der Waals surface area contributed by atoms with Gasteiger partial charge in [0, 0.05) is 22.7 Å². The smallest absolute Gasteiger partial charge is 0.134 e. The zero-order valence-corrected chi connectivity index (χ0v) is 13.8. The van der Waals surface area contributed by atoms with Crippen LogP contribution in [0.3, 0.4) is 0 Å². The van der Waals surface area contributed by atoms with Crippen molar-refractivity contribution >= 4 is 22.1 Å². The molecule has 22 heavy (non-hydrogen) atoms. The average Bonchev–Trinajstić information content (AvgIpc) is 3.09. The predicted octanol–water partition coefficient (Wildman–Crippen LogP) is 5.02. The molecule has 1 N–H and O–H groups in total. The quantitative estimate of drug-likeness (QED) is 0.690. The van der Waals surface area contributed by atoms with Crippen LogP contribution < -0.4 is 10.1 Å². The molecule has 0 saturated carbocycles. The normalized spacial score (nSPS) is 13.9. The standard InChI is InChI=1S/C19H21NOS/c1-14(20-2)13-18(19-11-6-12-22-19)21-17-10-5-8-15-7-3-4-9-16(15)17/h3-12,14,18,20H,13H2,1-2H3/t14?,18-/m0/s1. The Morgan fingerprint density at radius 3 is 2.64 bits per heavy atom. The van der Waals surface area contributed by atoms with Gasteiger partial charge in [0.15, 0.2) is 0 Å². The highest BCUT2D eigenvalue weighted by atomic mass is 32.1. The Bertz CT molecular complexity index is 718. The van der Waals surface area contributed by atoms with Crippen molar-refractivity contribution in [1.82, 2.24) is 5.32 Å². The second-order valence-electron chi connectivity index (χ2n) is 5.52. The van der Waals surface area contributed by atoms with E-state index >= 15 is 0 Å². The third-order valence-corrected chi connectivity index (χ3v) is 4.90. The summed E-state index contributed by atoms with van der Waals surface area (Å²) in [7, 11) is 1.99. The lowest BCUT2D eigenvalue weighted by Gasteiger charge is -2.22. The van der Waals surface area contributed by atoms with E-state index in [4.69, 9.17) is 4.74 Å². The van der Waals surface area contributed by atoms with Gasteiger partial charge in [-0.3, -0.25) is 0 Å². The molecule has 0 spiro atoms. The van der Waals surface area contributed by atoms with Crippen molar-refractivity contribution < 1.29 is 4.74 Å². The molecular formula is C19H21NOS. The maximum absolute atomic E-state index is 6.42. The maximum atomic E-state index is 6.42. The summed E-state index contributed by atoms with van der Waals surface area (Å²) in [4.78, 5) is 1.27. The molecular weight excluding hydrogens is 290 g/mol. The molecule has 0 saturated heterocycles. The van der Waals surface area contributed by atoms with Crippen LogP contribution in [0, 0.1) is 0 Å². The predicted molar refractivity (Wildman–Crippen MR) is 94.8 cm³/mol. The Hall–Kier alpha value is -1.84. The molecule has 0 radical (unpaired) electrons. The van der Waals surface area contributed by atoms with Crippen LogP contribution in [0.2, 0.25) is 0 Å². The minimum absolute atomic E-state index is 0.0771. The highest BCUT2D eigenvalue weighted by Gasteiger charge is 2.18. The molecule has 1 aromatic heterocycles. The summed E-state index contributed by atoms with van der Waals surface area (Å²) in [6.45, 7) is 2.19. The van der Waals surface area contributed by atoms with Crippen LogP contribution in [0.5, 0.6) is 5.75 Å². The molecule has 1 unspecified atom stereocenters. The van der Waals surface area contributed by atoms with Gasteiger partial charge < -0.3 is 10.1 Å². The second-order valence-corrected chi connectivity index (χ2v) is 6.50. The summed E-state index contributed by atoms with van der Waals surface area (Å²) in [5, 5.41) is 7.80. The van der Waals surface area contributed by atoms with Crippen molar-refractivity contribution in [2.24, 2.45) is 0 Å². The summed E-state index contributed by atoms with van der Waals surface area (Å²) < 4.78 is 6.42. The molecule has 1 heterocycles. The summed E-state index contributed by atoms with van der Waals surface area (Å²) >= 11 is 1.76. The van der Waals surface area contributed by atoms with E-state index in [0.717, 1.165) is 12.2 Å². The molecule has 2 nitrogen and oxygen atoms in total. The molecule has 2 atom stereocenters. The highest BCUT2D eigenvalue weighted by Crippen LogP contribution is 2.33. The van der Waals surface area contributed by atoms with Crippen LogP contribution in [0.1, 0.15) is 24.3 Å². The SMILES string of the molecule is CNC(C)C[C@H](Oc1cccc2ccccc12)c1cccs1. The molecule has 0 fully saturated rings. The maximum Gasteiger partial charge on any atom is 0.134 e. The van der Waals surface area contributed by atoms with E-state index in [9.17, 15) is 0 Å². The van der Waals surface area contributed by atoms with Gasteiger partial charge in [-0.05, 0) is 36.9 Å². The van der Waals surface area contributed by atoms with Crippen LogP contribution in [-0.4, -0.2) is 13.1 Å². The minimum atomic E-state index is 0.0771. The highest BCUT2D eigenvalue weighted by molar-refractivity contribution is 7.10. The van der Waals surface area contributed by atoms with E-state index in [1.165, 1.54) is 15.6 Å². The zero-order chi connectivity index (χ0) is 15.4.